The summed E-state index contributed by atoms with van der Waals surface area (Å²) in [7, 11) is 0.607. The molecule has 0 saturated carbocycles. The van der Waals surface area contributed by atoms with Gasteiger partial charge in [0.15, 0.2) is 0 Å². The summed E-state index contributed by atoms with van der Waals surface area (Å²) < 4.78 is 15.1. The van der Waals surface area contributed by atoms with Crippen molar-refractivity contribution in [3.05, 3.63) is 60.2 Å². The van der Waals surface area contributed by atoms with Crippen molar-refractivity contribution in [3.8, 4) is 11.5 Å². The van der Waals surface area contributed by atoms with Crippen molar-refractivity contribution < 1.29 is 9.05 Å². The average molecular weight is 277 g/mol. The number of hydrogen-bond acceptors (Lipinski definition) is 3. The minimum Gasteiger partial charge on any atom is -0.454 e. The van der Waals surface area contributed by atoms with Crippen molar-refractivity contribution in [2.24, 2.45) is 4.52 Å². The van der Waals surface area contributed by atoms with Crippen LogP contribution in [0.25, 0.3) is 0 Å². The zero-order valence-corrected chi connectivity index (χ0v) is 11.8. The van der Waals surface area contributed by atoms with E-state index in [0.29, 0.717) is 8.60 Å². The number of benzene rings is 2. The SMILES string of the molecule is Cc1ccccc1OP=NPOc1ccccc1. The molecule has 0 aromatic heterocycles. The molecule has 5 heteroatoms. The first kappa shape index (κ1) is 13.0. The van der Waals surface area contributed by atoms with E-state index >= 15 is 0 Å². The Morgan fingerprint density at radius 2 is 1.72 bits per heavy atom. The molecule has 0 spiro atoms. The molecule has 0 bridgehead atoms. The van der Waals surface area contributed by atoms with Crippen LogP contribution in [-0.4, -0.2) is 0 Å². The lowest BCUT2D eigenvalue weighted by molar-refractivity contribution is 0.624. The summed E-state index contributed by atoms with van der Waals surface area (Å²) in [5.41, 5.74) is 1.10. The smallest absolute Gasteiger partial charge is 0.249 e. The molecule has 1 atom stereocenters. The van der Waals surface area contributed by atoms with Crippen molar-refractivity contribution in [2.75, 3.05) is 0 Å². The van der Waals surface area contributed by atoms with Gasteiger partial charge in [0.25, 0.3) is 0 Å². The maximum absolute atomic E-state index is 5.51. The Morgan fingerprint density at radius 1 is 1.00 bits per heavy atom. The van der Waals surface area contributed by atoms with Gasteiger partial charge in [-0.1, -0.05) is 36.4 Å². The standard InChI is InChI=1S/C13H13NO2P2/c1-11-7-5-6-10-13(11)16-18-14-17-15-12-8-3-2-4-9-12/h2-10,17H,1H3. The fourth-order valence-corrected chi connectivity index (χ4v) is 2.30. The van der Waals surface area contributed by atoms with E-state index in [1.54, 1.807) is 0 Å². The highest BCUT2D eigenvalue weighted by Crippen LogP contribution is 2.27. The molecular weight excluding hydrogens is 264 g/mol. The first-order valence-electron chi connectivity index (χ1n) is 5.46. The molecule has 2 rings (SSSR count). The van der Waals surface area contributed by atoms with Gasteiger partial charge in [-0.05, 0) is 30.7 Å². The van der Waals surface area contributed by atoms with Crippen LogP contribution in [0.3, 0.4) is 0 Å². The molecule has 0 amide bonds. The molecule has 0 heterocycles. The monoisotopic (exact) mass is 277 g/mol. The van der Waals surface area contributed by atoms with E-state index < -0.39 is 0 Å². The zero-order valence-electron chi connectivity index (χ0n) is 9.91. The minimum atomic E-state index is 0.0458. The lowest BCUT2D eigenvalue weighted by Gasteiger charge is -2.02. The maximum Gasteiger partial charge on any atom is 0.249 e. The van der Waals surface area contributed by atoms with Gasteiger partial charge in [-0.25, -0.2) is 0 Å². The second-order valence-corrected chi connectivity index (χ2v) is 5.08. The van der Waals surface area contributed by atoms with E-state index in [2.05, 4.69) is 4.52 Å². The summed E-state index contributed by atoms with van der Waals surface area (Å²) in [6.07, 6.45) is 0. The van der Waals surface area contributed by atoms with E-state index in [1.165, 1.54) is 0 Å². The van der Waals surface area contributed by atoms with Crippen LogP contribution in [0.15, 0.2) is 59.1 Å². The maximum atomic E-state index is 5.51. The molecule has 2 aromatic carbocycles. The molecule has 0 radical (unpaired) electrons. The lowest BCUT2D eigenvalue weighted by atomic mass is 10.2. The van der Waals surface area contributed by atoms with Crippen LogP contribution in [0.1, 0.15) is 5.56 Å². The highest BCUT2D eigenvalue weighted by atomic mass is 31.1. The third-order valence-corrected chi connectivity index (χ3v) is 3.48. The van der Waals surface area contributed by atoms with Gasteiger partial charge < -0.3 is 9.05 Å². The second kappa shape index (κ2) is 7.10. The van der Waals surface area contributed by atoms with Gasteiger partial charge >= 0.3 is 0 Å². The van der Waals surface area contributed by atoms with Crippen molar-refractivity contribution in [2.45, 2.75) is 6.92 Å². The molecule has 18 heavy (non-hydrogen) atoms. The van der Waals surface area contributed by atoms with Crippen LogP contribution < -0.4 is 9.05 Å². The van der Waals surface area contributed by atoms with Gasteiger partial charge in [0.2, 0.25) is 17.6 Å². The highest BCUT2D eigenvalue weighted by molar-refractivity contribution is 7.39. The zero-order chi connectivity index (χ0) is 12.6. The molecule has 0 saturated heterocycles. The fraction of sp³-hybridized carbons (Fsp3) is 0.0769. The minimum absolute atomic E-state index is 0.0458. The molecule has 0 aliphatic heterocycles. The molecule has 0 aliphatic carbocycles. The number of para-hydroxylation sites is 2. The number of rotatable bonds is 5. The number of nitrogens with zero attached hydrogens (tertiary/aromatic N) is 1. The Morgan fingerprint density at radius 3 is 2.50 bits per heavy atom. The molecule has 0 aliphatic rings. The quantitative estimate of drug-likeness (QED) is 0.719. The molecule has 0 fully saturated rings. The van der Waals surface area contributed by atoms with E-state index in [0.717, 1.165) is 17.1 Å². The van der Waals surface area contributed by atoms with Gasteiger partial charge in [0, 0.05) is 0 Å². The number of aryl methyl sites for hydroxylation is 1. The van der Waals surface area contributed by atoms with E-state index in [9.17, 15) is 0 Å². The topological polar surface area (TPSA) is 30.8 Å². The van der Waals surface area contributed by atoms with Gasteiger partial charge in [0.1, 0.15) is 11.5 Å². The molecule has 1 unspecified atom stereocenters. The molecule has 2 aromatic rings. The van der Waals surface area contributed by atoms with Gasteiger partial charge in [-0.2, -0.15) is 4.52 Å². The van der Waals surface area contributed by atoms with E-state index in [1.807, 2.05) is 61.5 Å². The molecule has 3 nitrogen and oxygen atoms in total. The van der Waals surface area contributed by atoms with Crippen LogP contribution in [0.2, 0.25) is 0 Å². The largest absolute Gasteiger partial charge is 0.454 e. The van der Waals surface area contributed by atoms with Gasteiger partial charge in [-0.3, -0.25) is 0 Å². The Hall–Kier alpha value is -1.43. The Bertz CT molecular complexity index is 517. The Kier molecular flexibility index (Phi) is 5.14. The summed E-state index contributed by atoms with van der Waals surface area (Å²) in [6.45, 7) is 2.01. The first-order chi connectivity index (χ1) is 8.86. The summed E-state index contributed by atoms with van der Waals surface area (Å²) in [4.78, 5) is 0. The van der Waals surface area contributed by atoms with Crippen LogP contribution in [0.4, 0.5) is 0 Å². The first-order valence-corrected chi connectivity index (χ1v) is 7.08. The third-order valence-electron chi connectivity index (χ3n) is 2.22. The molecule has 92 valence electrons. The second-order valence-electron chi connectivity index (χ2n) is 3.54. The number of hydrogen-bond donors (Lipinski definition) is 0. The fourth-order valence-electron chi connectivity index (χ4n) is 1.30. The van der Waals surface area contributed by atoms with Gasteiger partial charge in [0.05, 0.1) is 0 Å². The highest BCUT2D eigenvalue weighted by Gasteiger charge is 1.95. The van der Waals surface area contributed by atoms with Crippen LogP contribution in [0.5, 0.6) is 11.5 Å². The van der Waals surface area contributed by atoms with Crippen LogP contribution in [0, 0.1) is 6.92 Å². The lowest BCUT2D eigenvalue weighted by Crippen LogP contribution is -1.79. The summed E-state index contributed by atoms with van der Waals surface area (Å²) >= 11 is 0. The van der Waals surface area contributed by atoms with Crippen molar-refractivity contribution in [1.82, 2.24) is 0 Å². The van der Waals surface area contributed by atoms with Crippen molar-refractivity contribution in [1.29, 1.82) is 0 Å². The van der Waals surface area contributed by atoms with Gasteiger partial charge in [-0.15, -0.1) is 0 Å². The average Bonchev–Trinajstić information content (AvgIpc) is 2.42. The molecular formula is C13H13NO2P2. The van der Waals surface area contributed by atoms with Crippen LogP contribution in [-0.2, 0) is 0 Å². The van der Waals surface area contributed by atoms with E-state index in [-0.39, 0.29) is 8.96 Å². The predicted molar refractivity (Wildman–Crippen MR) is 76.5 cm³/mol. The summed E-state index contributed by atoms with van der Waals surface area (Å²) in [5, 5.41) is 0. The Balaban J connectivity index is 1.78. The predicted octanol–water partition coefficient (Wildman–Crippen LogP) is 5.01. The summed E-state index contributed by atoms with van der Waals surface area (Å²) in [6, 6.07) is 17.5. The van der Waals surface area contributed by atoms with Crippen molar-refractivity contribution in [3.63, 3.8) is 0 Å². The van der Waals surface area contributed by atoms with E-state index in [4.69, 9.17) is 9.05 Å². The Labute approximate surface area is 110 Å². The van der Waals surface area contributed by atoms with Crippen LogP contribution >= 0.6 is 17.6 Å². The summed E-state index contributed by atoms with van der Waals surface area (Å²) in [5.74, 6) is 1.68. The third kappa shape index (κ3) is 4.10. The van der Waals surface area contributed by atoms with Crippen molar-refractivity contribution >= 4 is 17.6 Å². The normalized spacial score (nSPS) is 11.2. The molecule has 0 N–H and O–H groups in total.